The molecule has 3 rings (SSSR count). The van der Waals surface area contributed by atoms with Gasteiger partial charge < -0.3 is 19.9 Å². The summed E-state index contributed by atoms with van der Waals surface area (Å²) in [5.74, 6) is -1.07. The normalized spacial score (nSPS) is 32.3. The van der Waals surface area contributed by atoms with Crippen LogP contribution in [0, 0.1) is 5.41 Å². The second-order valence-electron chi connectivity index (χ2n) is 6.61. The van der Waals surface area contributed by atoms with Gasteiger partial charge in [0.2, 0.25) is 0 Å². The molecule has 132 valence electrons. The summed E-state index contributed by atoms with van der Waals surface area (Å²) in [6.07, 6.45) is 2.08. The van der Waals surface area contributed by atoms with Crippen LogP contribution in [0.4, 0.5) is 5.13 Å². The molecule has 0 saturated carbocycles. The Labute approximate surface area is 144 Å². The van der Waals surface area contributed by atoms with Crippen molar-refractivity contribution >= 4 is 28.4 Å². The van der Waals surface area contributed by atoms with Crippen LogP contribution in [-0.4, -0.2) is 36.2 Å². The van der Waals surface area contributed by atoms with Gasteiger partial charge in [-0.15, -0.1) is 11.3 Å². The second kappa shape index (κ2) is 6.33. The van der Waals surface area contributed by atoms with E-state index >= 15 is 0 Å². The lowest BCUT2D eigenvalue weighted by molar-refractivity contribution is -0.160. The highest BCUT2D eigenvalue weighted by atomic mass is 32.1. The summed E-state index contributed by atoms with van der Waals surface area (Å²) >= 11 is 1.28. The molecule has 1 aromatic heterocycles. The number of anilines is 1. The molecular weight excluding hydrogens is 332 g/mol. The monoisotopic (exact) mass is 354 g/mol. The molecule has 8 heteroatoms. The van der Waals surface area contributed by atoms with E-state index in [0.29, 0.717) is 24.0 Å². The Morgan fingerprint density at radius 1 is 1.46 bits per heavy atom. The lowest BCUT2D eigenvalue weighted by Crippen LogP contribution is -2.32. The van der Waals surface area contributed by atoms with Gasteiger partial charge in [-0.1, -0.05) is 13.3 Å². The molecule has 3 atom stereocenters. The number of ether oxygens (including phenoxy) is 3. The van der Waals surface area contributed by atoms with Crippen molar-refractivity contribution in [2.24, 2.45) is 5.41 Å². The highest BCUT2D eigenvalue weighted by Gasteiger charge is 2.65. The zero-order chi connectivity index (χ0) is 17.4. The van der Waals surface area contributed by atoms with Gasteiger partial charge >= 0.3 is 11.9 Å². The fourth-order valence-electron chi connectivity index (χ4n) is 3.30. The SMILES string of the molecule is CCCCOC[C@H]1C[C@]2(C[C@](C)(c3csc(N)n3)OC2=O)C(=O)O1. The van der Waals surface area contributed by atoms with E-state index < -0.39 is 29.1 Å². The maximum Gasteiger partial charge on any atom is 0.324 e. The molecule has 1 spiro atoms. The van der Waals surface area contributed by atoms with E-state index in [4.69, 9.17) is 19.9 Å². The third kappa shape index (κ3) is 2.88. The number of unbranched alkanes of at least 4 members (excludes halogenated alkanes) is 1. The van der Waals surface area contributed by atoms with Gasteiger partial charge in [-0.05, 0) is 13.3 Å². The summed E-state index contributed by atoms with van der Waals surface area (Å²) < 4.78 is 16.5. The average Bonchev–Trinajstić information content (AvgIpc) is 3.16. The maximum absolute atomic E-state index is 12.5. The number of rotatable bonds is 6. The number of thiazole rings is 1. The Hall–Kier alpha value is -1.67. The van der Waals surface area contributed by atoms with Gasteiger partial charge in [0.05, 0.1) is 12.3 Å². The summed E-state index contributed by atoms with van der Waals surface area (Å²) in [7, 11) is 0. The first-order chi connectivity index (χ1) is 11.4. The van der Waals surface area contributed by atoms with Crippen LogP contribution in [0.25, 0.3) is 0 Å². The number of carbonyl (C=O) groups excluding carboxylic acids is 2. The van der Waals surface area contributed by atoms with Crippen molar-refractivity contribution in [1.29, 1.82) is 0 Å². The third-order valence-corrected chi connectivity index (χ3v) is 5.27. The summed E-state index contributed by atoms with van der Waals surface area (Å²) in [6, 6.07) is 0. The molecule has 7 nitrogen and oxygen atoms in total. The van der Waals surface area contributed by atoms with E-state index in [-0.39, 0.29) is 12.8 Å². The van der Waals surface area contributed by atoms with Crippen molar-refractivity contribution in [3.05, 3.63) is 11.1 Å². The fourth-order valence-corrected chi connectivity index (χ4v) is 3.99. The molecule has 0 bridgehead atoms. The van der Waals surface area contributed by atoms with Gasteiger partial charge in [0.1, 0.15) is 6.10 Å². The van der Waals surface area contributed by atoms with Crippen LogP contribution < -0.4 is 5.73 Å². The smallest absolute Gasteiger partial charge is 0.324 e. The minimum atomic E-state index is -1.26. The predicted molar refractivity (Wildman–Crippen MR) is 87.2 cm³/mol. The van der Waals surface area contributed by atoms with Crippen molar-refractivity contribution in [1.82, 2.24) is 4.98 Å². The summed E-state index contributed by atoms with van der Waals surface area (Å²) in [4.78, 5) is 29.1. The van der Waals surface area contributed by atoms with Crippen LogP contribution in [0.1, 0.15) is 45.2 Å². The van der Waals surface area contributed by atoms with Crippen molar-refractivity contribution < 1.29 is 23.8 Å². The minimum Gasteiger partial charge on any atom is -0.459 e. The standard InChI is InChI=1S/C16H22N2O5S/c1-3-4-5-21-7-10-6-16(12(19)22-10)9-15(2,23-13(16)20)11-8-24-14(17)18-11/h8,10H,3-7,9H2,1-2H3,(H2,17,18)/t10-,15-,16+/m1/s1. The Morgan fingerprint density at radius 3 is 2.92 bits per heavy atom. The van der Waals surface area contributed by atoms with Crippen molar-refractivity contribution in [3.8, 4) is 0 Å². The summed E-state index contributed by atoms with van der Waals surface area (Å²) in [6.45, 7) is 4.76. The highest BCUT2D eigenvalue weighted by Crippen LogP contribution is 2.52. The van der Waals surface area contributed by atoms with Crippen LogP contribution in [0.15, 0.2) is 5.38 Å². The Morgan fingerprint density at radius 2 is 2.25 bits per heavy atom. The number of hydrogen-bond acceptors (Lipinski definition) is 8. The molecule has 2 saturated heterocycles. The van der Waals surface area contributed by atoms with Crippen molar-refractivity contribution in [2.45, 2.75) is 51.2 Å². The first-order valence-electron chi connectivity index (χ1n) is 8.13. The number of aromatic nitrogens is 1. The van der Waals surface area contributed by atoms with Crippen LogP contribution in [0.2, 0.25) is 0 Å². The first-order valence-corrected chi connectivity index (χ1v) is 9.01. The third-order valence-electron chi connectivity index (χ3n) is 4.60. The van der Waals surface area contributed by atoms with Crippen molar-refractivity contribution in [3.63, 3.8) is 0 Å². The van der Waals surface area contributed by atoms with E-state index in [0.717, 1.165) is 12.8 Å². The van der Waals surface area contributed by atoms with E-state index in [2.05, 4.69) is 11.9 Å². The largest absolute Gasteiger partial charge is 0.459 e. The maximum atomic E-state index is 12.5. The lowest BCUT2D eigenvalue weighted by Gasteiger charge is -2.20. The number of nitrogen functional groups attached to an aromatic ring is 1. The number of carbonyl (C=O) groups is 2. The Bertz CT molecular complexity index is 648. The zero-order valence-electron chi connectivity index (χ0n) is 13.9. The molecule has 0 radical (unpaired) electrons. The van der Waals surface area contributed by atoms with Crippen LogP contribution >= 0.6 is 11.3 Å². The van der Waals surface area contributed by atoms with Gasteiger partial charge in [0, 0.05) is 24.8 Å². The van der Waals surface area contributed by atoms with Crippen molar-refractivity contribution in [2.75, 3.05) is 18.9 Å². The molecule has 2 N–H and O–H groups in total. The Kier molecular flexibility index (Phi) is 4.52. The molecule has 2 aliphatic rings. The molecule has 2 aliphatic heterocycles. The van der Waals surface area contributed by atoms with Gasteiger partial charge in [0.25, 0.3) is 0 Å². The van der Waals surface area contributed by atoms with Gasteiger partial charge in [-0.2, -0.15) is 0 Å². The van der Waals surface area contributed by atoms with Gasteiger partial charge in [-0.25, -0.2) is 4.98 Å². The summed E-state index contributed by atoms with van der Waals surface area (Å²) in [5, 5.41) is 2.16. The quantitative estimate of drug-likeness (QED) is 0.474. The first kappa shape index (κ1) is 17.2. The topological polar surface area (TPSA) is 101 Å². The molecule has 3 heterocycles. The molecule has 1 aromatic rings. The molecular formula is C16H22N2O5S. The van der Waals surface area contributed by atoms with Gasteiger partial charge in [-0.3, -0.25) is 9.59 Å². The van der Waals surface area contributed by atoms with E-state index in [1.807, 2.05) is 0 Å². The summed E-state index contributed by atoms with van der Waals surface area (Å²) in [5.41, 5.74) is 4.03. The number of hydrogen-bond donors (Lipinski definition) is 1. The number of nitrogens with zero attached hydrogens (tertiary/aromatic N) is 1. The van der Waals surface area contributed by atoms with E-state index in [1.165, 1.54) is 11.3 Å². The average molecular weight is 354 g/mol. The highest BCUT2D eigenvalue weighted by molar-refractivity contribution is 7.13. The zero-order valence-corrected chi connectivity index (χ0v) is 14.7. The minimum absolute atomic E-state index is 0.215. The fraction of sp³-hybridized carbons (Fsp3) is 0.688. The second-order valence-corrected chi connectivity index (χ2v) is 7.50. The molecule has 0 aromatic carbocycles. The lowest BCUT2D eigenvalue weighted by atomic mass is 9.78. The van der Waals surface area contributed by atoms with E-state index in [9.17, 15) is 9.59 Å². The number of cyclic esters (lactones) is 2. The number of nitrogens with two attached hydrogens (primary N) is 1. The molecule has 0 unspecified atom stereocenters. The molecule has 0 amide bonds. The number of esters is 2. The van der Waals surface area contributed by atoms with Crippen LogP contribution in [-0.2, 0) is 29.4 Å². The molecule has 24 heavy (non-hydrogen) atoms. The van der Waals surface area contributed by atoms with E-state index in [1.54, 1.807) is 12.3 Å². The predicted octanol–water partition coefficient (Wildman–Crippen LogP) is 2.01. The van der Waals surface area contributed by atoms with Crippen LogP contribution in [0.5, 0.6) is 0 Å². The Balaban J connectivity index is 1.71. The van der Waals surface area contributed by atoms with Gasteiger partial charge in [0.15, 0.2) is 16.1 Å². The van der Waals surface area contributed by atoms with Crippen LogP contribution in [0.3, 0.4) is 0 Å². The molecule has 0 aliphatic carbocycles. The molecule has 2 fully saturated rings.